The quantitative estimate of drug-likeness (QED) is 0.887. The fourth-order valence-corrected chi connectivity index (χ4v) is 1.80. The monoisotopic (exact) mass is 275 g/mol. The van der Waals surface area contributed by atoms with Gasteiger partial charge in [-0.2, -0.15) is 5.10 Å². The molecule has 0 atom stereocenters. The summed E-state index contributed by atoms with van der Waals surface area (Å²) in [6.45, 7) is 5.67. The highest BCUT2D eigenvalue weighted by Crippen LogP contribution is 2.22. The van der Waals surface area contributed by atoms with Gasteiger partial charge in [-0.05, 0) is 6.92 Å². The van der Waals surface area contributed by atoms with Crippen LogP contribution in [0.3, 0.4) is 0 Å². The Kier molecular flexibility index (Phi) is 3.69. The molecule has 0 saturated carbocycles. The van der Waals surface area contributed by atoms with Gasteiger partial charge >= 0.3 is 5.97 Å². The molecule has 106 valence electrons. The minimum absolute atomic E-state index is 0.0352. The molecule has 2 heterocycles. The molecule has 0 bridgehead atoms. The van der Waals surface area contributed by atoms with Crippen molar-refractivity contribution in [3.05, 3.63) is 29.6 Å². The molecule has 20 heavy (non-hydrogen) atoms. The first-order valence-corrected chi connectivity index (χ1v) is 6.26. The van der Waals surface area contributed by atoms with E-state index in [2.05, 4.69) is 20.4 Å². The zero-order chi connectivity index (χ0) is 14.9. The highest BCUT2D eigenvalue weighted by molar-refractivity contribution is 5.92. The Hall–Kier alpha value is -2.44. The third-order valence-corrected chi connectivity index (χ3v) is 2.81. The lowest BCUT2D eigenvalue weighted by Gasteiger charge is -2.10. The van der Waals surface area contributed by atoms with Gasteiger partial charge in [0.15, 0.2) is 5.69 Å². The zero-order valence-electron chi connectivity index (χ0n) is 11.9. The summed E-state index contributed by atoms with van der Waals surface area (Å²) >= 11 is 0. The molecule has 2 aromatic heterocycles. The number of aromatic carboxylic acids is 1. The first-order valence-electron chi connectivity index (χ1n) is 6.26. The first kappa shape index (κ1) is 14.0. The predicted molar refractivity (Wildman–Crippen MR) is 74.3 cm³/mol. The van der Waals surface area contributed by atoms with Crippen LogP contribution in [0, 0.1) is 6.92 Å². The summed E-state index contributed by atoms with van der Waals surface area (Å²) in [5.74, 6) is -0.503. The van der Waals surface area contributed by atoms with Crippen molar-refractivity contribution in [1.29, 1.82) is 0 Å². The minimum Gasteiger partial charge on any atom is -0.476 e. The Labute approximate surface area is 116 Å². The normalized spacial score (nSPS) is 10.8. The lowest BCUT2D eigenvalue weighted by molar-refractivity contribution is 0.0691. The van der Waals surface area contributed by atoms with Gasteiger partial charge in [0.25, 0.3) is 0 Å². The van der Waals surface area contributed by atoms with Crippen LogP contribution in [0.25, 0.3) is 0 Å². The van der Waals surface area contributed by atoms with Crippen molar-refractivity contribution in [3.8, 4) is 0 Å². The summed E-state index contributed by atoms with van der Waals surface area (Å²) in [7, 11) is 1.80. The van der Waals surface area contributed by atoms with Crippen LogP contribution in [0.1, 0.15) is 41.8 Å². The van der Waals surface area contributed by atoms with Crippen molar-refractivity contribution < 1.29 is 9.90 Å². The molecule has 0 aliphatic carbocycles. The Morgan fingerprint density at radius 3 is 2.60 bits per heavy atom. The average molecular weight is 275 g/mol. The average Bonchev–Trinajstić information content (AvgIpc) is 2.67. The van der Waals surface area contributed by atoms with Crippen LogP contribution < -0.4 is 5.32 Å². The molecule has 7 heteroatoms. The standard InChI is InChI=1S/C13H17N5O2/c1-7(2)12-14-5-9(11(16-12)13(19)20)15-10-6-18(4)17-8(10)3/h5-7,15H,1-4H3,(H,19,20). The number of carboxylic acids is 1. The topological polar surface area (TPSA) is 92.9 Å². The van der Waals surface area contributed by atoms with Gasteiger partial charge in [-0.3, -0.25) is 4.68 Å². The van der Waals surface area contributed by atoms with E-state index >= 15 is 0 Å². The summed E-state index contributed by atoms with van der Waals surface area (Å²) < 4.78 is 1.65. The van der Waals surface area contributed by atoms with Gasteiger partial charge in [-0.15, -0.1) is 0 Å². The predicted octanol–water partition coefficient (Wildman–Crippen LogP) is 2.08. The van der Waals surface area contributed by atoms with Crippen molar-refractivity contribution in [2.45, 2.75) is 26.7 Å². The highest BCUT2D eigenvalue weighted by Gasteiger charge is 2.17. The maximum atomic E-state index is 11.3. The fraction of sp³-hybridized carbons (Fsp3) is 0.385. The van der Waals surface area contributed by atoms with Gasteiger partial charge in [0.1, 0.15) is 5.82 Å². The second kappa shape index (κ2) is 5.28. The van der Waals surface area contributed by atoms with E-state index in [1.54, 1.807) is 17.9 Å². The van der Waals surface area contributed by atoms with Crippen LogP contribution in [-0.4, -0.2) is 30.8 Å². The molecule has 0 aromatic carbocycles. The maximum absolute atomic E-state index is 11.3. The van der Waals surface area contributed by atoms with Gasteiger partial charge in [0.2, 0.25) is 0 Å². The number of carbonyl (C=O) groups is 1. The highest BCUT2D eigenvalue weighted by atomic mass is 16.4. The maximum Gasteiger partial charge on any atom is 0.356 e. The van der Waals surface area contributed by atoms with Crippen molar-refractivity contribution in [1.82, 2.24) is 19.7 Å². The zero-order valence-corrected chi connectivity index (χ0v) is 11.9. The lowest BCUT2D eigenvalue weighted by Crippen LogP contribution is -2.10. The van der Waals surface area contributed by atoms with Gasteiger partial charge in [-0.25, -0.2) is 14.8 Å². The van der Waals surface area contributed by atoms with E-state index in [0.29, 0.717) is 11.5 Å². The first-order chi connectivity index (χ1) is 9.38. The summed E-state index contributed by atoms with van der Waals surface area (Å²) in [5.41, 5.74) is 1.83. The molecule has 2 rings (SSSR count). The number of hydrogen-bond donors (Lipinski definition) is 2. The molecule has 7 nitrogen and oxygen atoms in total. The van der Waals surface area contributed by atoms with Crippen LogP contribution in [0.5, 0.6) is 0 Å². The van der Waals surface area contributed by atoms with Crippen LogP contribution in [0.15, 0.2) is 12.4 Å². The van der Waals surface area contributed by atoms with Gasteiger partial charge in [0.05, 0.1) is 23.3 Å². The third kappa shape index (κ3) is 2.76. The number of anilines is 2. The smallest absolute Gasteiger partial charge is 0.356 e. The number of carboxylic acid groups (broad SMARTS) is 1. The number of nitrogens with zero attached hydrogens (tertiary/aromatic N) is 4. The van der Waals surface area contributed by atoms with Crippen LogP contribution in [-0.2, 0) is 7.05 Å². The molecule has 0 radical (unpaired) electrons. The van der Waals surface area contributed by atoms with Gasteiger partial charge < -0.3 is 10.4 Å². The number of nitrogens with one attached hydrogen (secondary N) is 1. The minimum atomic E-state index is -1.08. The molecule has 0 spiro atoms. The van der Waals surface area contributed by atoms with Crippen LogP contribution in [0.4, 0.5) is 11.4 Å². The molecule has 0 aliphatic heterocycles. The molecule has 2 aromatic rings. The SMILES string of the molecule is Cc1nn(C)cc1Nc1cnc(C(C)C)nc1C(=O)O. The second-order valence-electron chi connectivity index (χ2n) is 4.88. The molecule has 0 unspecified atom stereocenters. The van der Waals surface area contributed by atoms with Crippen molar-refractivity contribution >= 4 is 17.3 Å². The van der Waals surface area contributed by atoms with E-state index in [9.17, 15) is 9.90 Å². The Morgan fingerprint density at radius 1 is 1.40 bits per heavy atom. The van der Waals surface area contributed by atoms with Gasteiger partial charge in [-0.1, -0.05) is 13.8 Å². The summed E-state index contributed by atoms with van der Waals surface area (Å²) in [5, 5.41) is 16.5. The molecular formula is C13H17N5O2. The summed E-state index contributed by atoms with van der Waals surface area (Å²) in [4.78, 5) is 19.6. The molecule has 2 N–H and O–H groups in total. The van der Waals surface area contributed by atoms with Crippen molar-refractivity contribution in [3.63, 3.8) is 0 Å². The van der Waals surface area contributed by atoms with Crippen molar-refractivity contribution in [2.75, 3.05) is 5.32 Å². The van der Waals surface area contributed by atoms with E-state index in [1.807, 2.05) is 20.8 Å². The largest absolute Gasteiger partial charge is 0.476 e. The van der Waals surface area contributed by atoms with Crippen LogP contribution in [0.2, 0.25) is 0 Å². The molecule has 0 amide bonds. The Bertz CT molecular complexity index is 648. The molecule has 0 aliphatic rings. The third-order valence-electron chi connectivity index (χ3n) is 2.81. The van der Waals surface area contributed by atoms with E-state index in [0.717, 1.165) is 11.4 Å². The number of rotatable bonds is 4. The number of hydrogen-bond acceptors (Lipinski definition) is 5. The van der Waals surface area contributed by atoms with E-state index < -0.39 is 5.97 Å². The number of aromatic nitrogens is 4. The van der Waals surface area contributed by atoms with Crippen LogP contribution >= 0.6 is 0 Å². The lowest BCUT2D eigenvalue weighted by atomic mass is 10.2. The Balaban J connectivity index is 2.41. The second-order valence-corrected chi connectivity index (χ2v) is 4.88. The molecule has 0 fully saturated rings. The van der Waals surface area contributed by atoms with E-state index in [1.165, 1.54) is 6.20 Å². The fourth-order valence-electron chi connectivity index (χ4n) is 1.80. The number of aryl methyl sites for hydroxylation is 2. The molecule has 0 saturated heterocycles. The Morgan fingerprint density at radius 2 is 2.10 bits per heavy atom. The summed E-state index contributed by atoms with van der Waals surface area (Å²) in [6, 6.07) is 0. The van der Waals surface area contributed by atoms with E-state index in [4.69, 9.17) is 0 Å². The van der Waals surface area contributed by atoms with E-state index in [-0.39, 0.29) is 11.6 Å². The van der Waals surface area contributed by atoms with Gasteiger partial charge in [0, 0.05) is 19.2 Å². The molecular weight excluding hydrogens is 258 g/mol. The van der Waals surface area contributed by atoms with Crippen molar-refractivity contribution in [2.24, 2.45) is 7.05 Å². The summed E-state index contributed by atoms with van der Waals surface area (Å²) in [6.07, 6.45) is 3.27.